The molecule has 1 unspecified atom stereocenters. The van der Waals surface area contributed by atoms with Gasteiger partial charge < -0.3 is 10.1 Å². The fourth-order valence-electron chi connectivity index (χ4n) is 1.50. The van der Waals surface area contributed by atoms with Gasteiger partial charge in [-0.2, -0.15) is 0 Å². The maximum atomic E-state index is 11.6. The van der Waals surface area contributed by atoms with E-state index in [0.717, 1.165) is 15.6 Å². The van der Waals surface area contributed by atoms with E-state index < -0.39 is 11.7 Å². The fraction of sp³-hybridized carbons (Fsp3) is 0.667. The minimum absolute atomic E-state index is 0.0731. The molecule has 1 heterocycles. The van der Waals surface area contributed by atoms with Crippen LogP contribution in [0.3, 0.4) is 0 Å². The molecule has 1 atom stereocenters. The number of amides is 1. The van der Waals surface area contributed by atoms with Gasteiger partial charge >= 0.3 is 6.09 Å². The molecule has 17 heavy (non-hydrogen) atoms. The molecule has 0 saturated heterocycles. The molecule has 0 aliphatic rings. The summed E-state index contributed by atoms with van der Waals surface area (Å²) in [6.07, 6.45) is -0.393. The summed E-state index contributed by atoms with van der Waals surface area (Å²) in [5.74, 6) is 0. The predicted molar refractivity (Wildman–Crippen MR) is 69.4 cm³/mol. The summed E-state index contributed by atoms with van der Waals surface area (Å²) in [6.45, 7) is 11.4. The molecule has 0 fully saturated rings. The van der Waals surface area contributed by atoms with E-state index >= 15 is 0 Å². The van der Waals surface area contributed by atoms with Crippen LogP contribution in [0.25, 0.3) is 0 Å². The number of ether oxygens (including phenoxy) is 1. The van der Waals surface area contributed by atoms with Crippen LogP contribution in [0.2, 0.25) is 0 Å². The summed E-state index contributed by atoms with van der Waals surface area (Å²) >= 11 is 1.60. The van der Waals surface area contributed by atoms with Gasteiger partial charge in [0.05, 0.1) is 16.7 Å². The van der Waals surface area contributed by atoms with Gasteiger partial charge in [-0.25, -0.2) is 9.78 Å². The second-order valence-corrected chi connectivity index (χ2v) is 6.29. The van der Waals surface area contributed by atoms with Crippen LogP contribution < -0.4 is 5.32 Å². The lowest BCUT2D eigenvalue weighted by atomic mass is 10.2. The number of carbonyl (C=O) groups is 1. The second-order valence-electron chi connectivity index (χ2n) is 5.05. The number of rotatable bonds is 2. The normalized spacial score (nSPS) is 13.3. The standard InChI is InChI=1S/C12H20N2O2S/c1-7-10(17-9(3)13-7)8(2)14-11(15)16-12(4,5)6/h8H,1-6H3,(H,14,15). The van der Waals surface area contributed by atoms with E-state index in [9.17, 15) is 4.79 Å². The smallest absolute Gasteiger partial charge is 0.408 e. The van der Waals surface area contributed by atoms with Gasteiger partial charge in [0, 0.05) is 4.88 Å². The number of hydrogen-bond donors (Lipinski definition) is 1. The molecule has 0 saturated carbocycles. The molecular weight excluding hydrogens is 236 g/mol. The summed E-state index contributed by atoms with van der Waals surface area (Å²) in [5.41, 5.74) is 0.499. The third-order valence-corrected chi connectivity index (χ3v) is 3.32. The van der Waals surface area contributed by atoms with E-state index in [1.54, 1.807) is 11.3 Å². The van der Waals surface area contributed by atoms with E-state index in [0.29, 0.717) is 0 Å². The summed E-state index contributed by atoms with van der Waals surface area (Å²) < 4.78 is 5.21. The van der Waals surface area contributed by atoms with Gasteiger partial charge in [-0.15, -0.1) is 11.3 Å². The van der Waals surface area contributed by atoms with Crippen molar-refractivity contribution in [3.63, 3.8) is 0 Å². The van der Waals surface area contributed by atoms with Crippen molar-refractivity contribution in [3.05, 3.63) is 15.6 Å². The van der Waals surface area contributed by atoms with Crippen molar-refractivity contribution in [2.24, 2.45) is 0 Å². The summed E-state index contributed by atoms with van der Waals surface area (Å²) in [4.78, 5) is 17.0. The van der Waals surface area contributed by atoms with E-state index in [1.165, 1.54) is 0 Å². The molecule has 4 nitrogen and oxygen atoms in total. The van der Waals surface area contributed by atoms with Crippen LogP contribution in [0.5, 0.6) is 0 Å². The van der Waals surface area contributed by atoms with Crippen LogP contribution >= 0.6 is 11.3 Å². The molecular formula is C12H20N2O2S. The van der Waals surface area contributed by atoms with Gasteiger partial charge in [0.25, 0.3) is 0 Å². The van der Waals surface area contributed by atoms with E-state index in [-0.39, 0.29) is 6.04 Å². The molecule has 1 aromatic heterocycles. The first-order valence-corrected chi connectivity index (χ1v) is 6.44. The molecule has 1 N–H and O–H groups in total. The number of thiazole rings is 1. The minimum Gasteiger partial charge on any atom is -0.444 e. The Morgan fingerprint density at radius 2 is 2.00 bits per heavy atom. The highest BCUT2D eigenvalue weighted by molar-refractivity contribution is 7.11. The Morgan fingerprint density at radius 3 is 2.41 bits per heavy atom. The van der Waals surface area contributed by atoms with Gasteiger partial charge in [-0.1, -0.05) is 0 Å². The highest BCUT2D eigenvalue weighted by Crippen LogP contribution is 2.24. The van der Waals surface area contributed by atoms with Crippen molar-refractivity contribution < 1.29 is 9.53 Å². The molecule has 96 valence electrons. The van der Waals surface area contributed by atoms with Crippen LogP contribution in [0.1, 0.15) is 49.3 Å². The molecule has 0 aromatic carbocycles. The van der Waals surface area contributed by atoms with Gasteiger partial charge in [0.2, 0.25) is 0 Å². The van der Waals surface area contributed by atoms with Crippen LogP contribution in [0.4, 0.5) is 4.79 Å². The molecule has 0 aliphatic carbocycles. The zero-order valence-electron chi connectivity index (χ0n) is 11.2. The third-order valence-electron chi connectivity index (χ3n) is 2.07. The number of nitrogens with one attached hydrogen (secondary N) is 1. The van der Waals surface area contributed by atoms with Crippen molar-refractivity contribution in [3.8, 4) is 0 Å². The Kier molecular flexibility index (Phi) is 4.14. The largest absolute Gasteiger partial charge is 0.444 e. The van der Waals surface area contributed by atoms with Gasteiger partial charge in [0.1, 0.15) is 5.60 Å². The van der Waals surface area contributed by atoms with Crippen molar-refractivity contribution >= 4 is 17.4 Å². The lowest BCUT2D eigenvalue weighted by molar-refractivity contribution is 0.0508. The van der Waals surface area contributed by atoms with Crippen molar-refractivity contribution in [2.75, 3.05) is 0 Å². The second kappa shape index (κ2) is 5.04. The molecule has 1 aromatic rings. The van der Waals surface area contributed by atoms with E-state index in [1.807, 2.05) is 41.5 Å². The quantitative estimate of drug-likeness (QED) is 0.883. The molecule has 1 rings (SSSR count). The average molecular weight is 256 g/mol. The first-order valence-electron chi connectivity index (χ1n) is 5.62. The first kappa shape index (κ1) is 14.0. The Balaban J connectivity index is 2.64. The van der Waals surface area contributed by atoms with E-state index in [2.05, 4.69) is 10.3 Å². The van der Waals surface area contributed by atoms with Crippen molar-refractivity contribution in [1.29, 1.82) is 0 Å². The Labute approximate surface area is 106 Å². The number of aryl methyl sites for hydroxylation is 2. The lowest BCUT2D eigenvalue weighted by Gasteiger charge is -2.21. The zero-order chi connectivity index (χ0) is 13.2. The molecule has 0 spiro atoms. The molecule has 1 amide bonds. The Hall–Kier alpha value is -1.10. The average Bonchev–Trinajstić information content (AvgIpc) is 2.41. The molecule has 0 radical (unpaired) electrons. The van der Waals surface area contributed by atoms with Crippen molar-refractivity contribution in [1.82, 2.24) is 10.3 Å². The molecule has 0 aliphatic heterocycles. The van der Waals surface area contributed by atoms with E-state index in [4.69, 9.17) is 4.74 Å². The van der Waals surface area contributed by atoms with Gasteiger partial charge in [0.15, 0.2) is 0 Å². The van der Waals surface area contributed by atoms with Crippen LogP contribution in [0, 0.1) is 13.8 Å². The lowest BCUT2D eigenvalue weighted by Crippen LogP contribution is -2.33. The minimum atomic E-state index is -0.470. The maximum Gasteiger partial charge on any atom is 0.408 e. The number of hydrogen-bond acceptors (Lipinski definition) is 4. The fourth-order valence-corrected chi connectivity index (χ4v) is 2.43. The predicted octanol–water partition coefficient (Wildman–Crippen LogP) is 3.35. The highest BCUT2D eigenvalue weighted by Gasteiger charge is 2.20. The number of alkyl carbamates (subject to hydrolysis) is 1. The Morgan fingerprint density at radius 1 is 1.41 bits per heavy atom. The summed E-state index contributed by atoms with van der Waals surface area (Å²) in [6, 6.07) is -0.0731. The third kappa shape index (κ3) is 4.34. The highest BCUT2D eigenvalue weighted by atomic mass is 32.1. The maximum absolute atomic E-state index is 11.6. The van der Waals surface area contributed by atoms with Crippen molar-refractivity contribution in [2.45, 2.75) is 53.2 Å². The number of nitrogens with zero attached hydrogens (tertiary/aromatic N) is 1. The van der Waals surface area contributed by atoms with Crippen LogP contribution in [-0.2, 0) is 4.74 Å². The Bertz CT molecular complexity index is 407. The molecule has 5 heteroatoms. The summed E-state index contributed by atoms with van der Waals surface area (Å²) in [5, 5.41) is 3.83. The summed E-state index contributed by atoms with van der Waals surface area (Å²) in [7, 11) is 0. The SMILES string of the molecule is Cc1nc(C)c(C(C)NC(=O)OC(C)(C)C)s1. The monoisotopic (exact) mass is 256 g/mol. The van der Waals surface area contributed by atoms with Crippen LogP contribution in [-0.4, -0.2) is 16.7 Å². The van der Waals surface area contributed by atoms with Gasteiger partial charge in [-0.3, -0.25) is 0 Å². The first-order chi connectivity index (χ1) is 7.69. The van der Waals surface area contributed by atoms with Gasteiger partial charge in [-0.05, 0) is 41.5 Å². The van der Waals surface area contributed by atoms with Crippen LogP contribution in [0.15, 0.2) is 0 Å². The molecule has 0 bridgehead atoms. The number of aromatic nitrogens is 1. The number of carbonyl (C=O) groups excluding carboxylic acids is 1. The topological polar surface area (TPSA) is 51.2 Å². The zero-order valence-corrected chi connectivity index (χ0v) is 12.1.